The molecule has 2 nitrogen and oxygen atoms in total. The third-order valence-electron chi connectivity index (χ3n) is 11.9. The van der Waals surface area contributed by atoms with E-state index in [-0.39, 0.29) is 0 Å². The topological polar surface area (TPSA) is 16.4 Å². The normalized spacial score (nSPS) is 11.7. The van der Waals surface area contributed by atoms with Gasteiger partial charge in [0.25, 0.3) is 0 Å². The number of hydrogen-bond acceptors (Lipinski definition) is 3. The van der Waals surface area contributed by atoms with Gasteiger partial charge >= 0.3 is 0 Å². The lowest BCUT2D eigenvalue weighted by Crippen LogP contribution is -2.10. The molecular weight excluding hydrogens is 735 g/mol. The van der Waals surface area contributed by atoms with E-state index in [1.54, 1.807) is 0 Å². The van der Waals surface area contributed by atoms with Gasteiger partial charge in [0.2, 0.25) is 0 Å². The van der Waals surface area contributed by atoms with Crippen molar-refractivity contribution in [2.75, 3.05) is 4.90 Å². The summed E-state index contributed by atoms with van der Waals surface area (Å²) < 4.78 is 9.34. The summed E-state index contributed by atoms with van der Waals surface area (Å²) in [7, 11) is 0. The molecule has 0 fully saturated rings. The van der Waals surface area contributed by atoms with Crippen molar-refractivity contribution in [3.63, 3.8) is 0 Å². The van der Waals surface area contributed by atoms with Crippen molar-refractivity contribution in [3.8, 4) is 33.4 Å². The summed E-state index contributed by atoms with van der Waals surface area (Å²) in [6.45, 7) is 0. The highest BCUT2D eigenvalue weighted by molar-refractivity contribution is 7.26. The van der Waals surface area contributed by atoms with Crippen LogP contribution in [0.4, 0.5) is 17.1 Å². The van der Waals surface area contributed by atoms with E-state index in [1.807, 2.05) is 17.4 Å². The molecule has 0 unspecified atom stereocenters. The maximum Gasteiger partial charge on any atom is 0.159 e. The Morgan fingerprint density at radius 1 is 0.356 bits per heavy atom. The highest BCUT2D eigenvalue weighted by Gasteiger charge is 2.22. The quantitative estimate of drug-likeness (QED) is 0.157. The highest BCUT2D eigenvalue weighted by atomic mass is 32.1. The number of furan rings is 1. The van der Waals surface area contributed by atoms with Gasteiger partial charge in [-0.2, -0.15) is 0 Å². The van der Waals surface area contributed by atoms with Crippen molar-refractivity contribution in [1.82, 2.24) is 0 Å². The first-order chi connectivity index (χ1) is 29.3. The maximum absolute atomic E-state index is 6.75. The average molecular weight is 770 g/mol. The smallest absolute Gasteiger partial charge is 0.159 e. The molecule has 0 saturated carbocycles. The molecule has 3 heteroatoms. The van der Waals surface area contributed by atoms with Crippen LogP contribution in [0.5, 0.6) is 0 Å². The summed E-state index contributed by atoms with van der Waals surface area (Å²) >= 11 is 1.87. The van der Waals surface area contributed by atoms with Crippen LogP contribution in [-0.2, 0) is 0 Å². The lowest BCUT2D eigenvalue weighted by molar-refractivity contribution is 0.669. The molecule has 276 valence electrons. The molecule has 0 atom stereocenters. The molecule has 2 aromatic heterocycles. The molecule has 10 aromatic carbocycles. The van der Waals surface area contributed by atoms with Crippen LogP contribution in [0, 0.1) is 0 Å². The Hall–Kier alpha value is -7.46. The van der Waals surface area contributed by atoms with Gasteiger partial charge in [-0.3, -0.25) is 0 Å². The van der Waals surface area contributed by atoms with Crippen LogP contribution in [0.15, 0.2) is 217 Å². The summed E-state index contributed by atoms with van der Waals surface area (Å²) in [5.41, 5.74) is 12.0. The summed E-state index contributed by atoms with van der Waals surface area (Å²) in [5, 5.41) is 9.81. The second-order valence-electron chi connectivity index (χ2n) is 15.2. The first-order valence-electron chi connectivity index (χ1n) is 20.1. The van der Waals surface area contributed by atoms with Gasteiger partial charge in [-0.15, -0.1) is 11.3 Å². The van der Waals surface area contributed by atoms with Crippen molar-refractivity contribution in [1.29, 1.82) is 0 Å². The largest absolute Gasteiger partial charge is 0.454 e. The lowest BCUT2D eigenvalue weighted by Gasteiger charge is -2.27. The third kappa shape index (κ3) is 5.47. The minimum Gasteiger partial charge on any atom is -0.454 e. The number of benzene rings is 10. The number of rotatable bonds is 6. The Bertz CT molecular complexity index is 3560. The van der Waals surface area contributed by atoms with Gasteiger partial charge < -0.3 is 9.32 Å². The predicted molar refractivity (Wildman–Crippen MR) is 253 cm³/mol. The fourth-order valence-corrected chi connectivity index (χ4v) is 10.4. The third-order valence-corrected chi connectivity index (χ3v) is 13.1. The summed E-state index contributed by atoms with van der Waals surface area (Å²) in [6, 6.07) is 76.9. The van der Waals surface area contributed by atoms with Crippen LogP contribution < -0.4 is 4.90 Å². The molecule has 0 N–H and O–H groups in total. The number of para-hydroxylation sites is 2. The van der Waals surface area contributed by atoms with E-state index < -0.39 is 0 Å². The monoisotopic (exact) mass is 769 g/mol. The Morgan fingerprint density at radius 3 is 1.86 bits per heavy atom. The second-order valence-corrected chi connectivity index (χ2v) is 16.3. The summed E-state index contributed by atoms with van der Waals surface area (Å²) in [6.07, 6.45) is 0. The number of nitrogens with zero attached hydrogens (tertiary/aromatic N) is 1. The van der Waals surface area contributed by atoms with Gasteiger partial charge in [-0.05, 0) is 97.9 Å². The van der Waals surface area contributed by atoms with Gasteiger partial charge in [0, 0.05) is 47.9 Å². The minimum atomic E-state index is 0.860. The van der Waals surface area contributed by atoms with E-state index in [4.69, 9.17) is 4.42 Å². The second kappa shape index (κ2) is 13.6. The molecule has 2 heterocycles. The zero-order valence-electron chi connectivity index (χ0n) is 32.0. The molecule has 0 amide bonds. The van der Waals surface area contributed by atoms with Gasteiger partial charge in [0.05, 0.1) is 5.69 Å². The molecule has 12 rings (SSSR count). The molecular formula is C56H35NOS. The Labute approximate surface area is 345 Å². The fourth-order valence-electron chi connectivity index (χ4n) is 9.14. The lowest BCUT2D eigenvalue weighted by atomic mass is 9.92. The molecule has 0 aliphatic rings. The van der Waals surface area contributed by atoms with Gasteiger partial charge in [-0.25, -0.2) is 0 Å². The van der Waals surface area contributed by atoms with E-state index in [2.05, 4.69) is 211 Å². The van der Waals surface area contributed by atoms with Crippen LogP contribution in [0.1, 0.15) is 0 Å². The Balaban J connectivity index is 1.10. The number of hydrogen-bond donors (Lipinski definition) is 0. The Kier molecular flexibility index (Phi) is 7.75. The van der Waals surface area contributed by atoms with Crippen LogP contribution in [0.2, 0.25) is 0 Å². The molecule has 0 spiro atoms. The van der Waals surface area contributed by atoms with Crippen molar-refractivity contribution < 1.29 is 4.42 Å². The van der Waals surface area contributed by atoms with Crippen molar-refractivity contribution in [2.24, 2.45) is 0 Å². The van der Waals surface area contributed by atoms with Crippen LogP contribution in [-0.4, -0.2) is 0 Å². The van der Waals surface area contributed by atoms with Crippen molar-refractivity contribution in [2.45, 2.75) is 0 Å². The average Bonchev–Trinajstić information content (AvgIpc) is 3.89. The molecule has 0 aliphatic carbocycles. The molecule has 0 aliphatic heterocycles. The fraction of sp³-hybridized carbons (Fsp3) is 0. The molecule has 0 saturated heterocycles. The van der Waals surface area contributed by atoms with E-state index >= 15 is 0 Å². The minimum absolute atomic E-state index is 0.860. The number of fused-ring (bicyclic) bond motifs is 9. The number of anilines is 3. The Morgan fingerprint density at radius 2 is 1.00 bits per heavy atom. The van der Waals surface area contributed by atoms with Gasteiger partial charge in [0.15, 0.2) is 5.58 Å². The zero-order chi connectivity index (χ0) is 38.9. The zero-order valence-corrected chi connectivity index (χ0v) is 32.8. The van der Waals surface area contributed by atoms with E-state index in [1.165, 1.54) is 75.1 Å². The predicted octanol–water partition coefficient (Wildman–Crippen LogP) is 16.7. The molecule has 12 aromatic rings. The first-order valence-corrected chi connectivity index (χ1v) is 20.9. The molecule has 59 heavy (non-hydrogen) atoms. The van der Waals surface area contributed by atoms with E-state index in [9.17, 15) is 0 Å². The number of thiophene rings is 1. The summed E-state index contributed by atoms with van der Waals surface area (Å²) in [5.74, 6) is 0. The van der Waals surface area contributed by atoms with Crippen LogP contribution in [0.3, 0.4) is 0 Å². The molecule has 0 bridgehead atoms. The first kappa shape index (κ1) is 33.7. The van der Waals surface area contributed by atoms with Gasteiger partial charge in [0.1, 0.15) is 5.58 Å². The van der Waals surface area contributed by atoms with Crippen LogP contribution in [0.25, 0.3) is 97.0 Å². The highest BCUT2D eigenvalue weighted by Crippen LogP contribution is 2.48. The van der Waals surface area contributed by atoms with E-state index in [0.29, 0.717) is 0 Å². The molecule has 0 radical (unpaired) electrons. The maximum atomic E-state index is 6.75. The van der Waals surface area contributed by atoms with Gasteiger partial charge in [-0.1, -0.05) is 164 Å². The van der Waals surface area contributed by atoms with Crippen molar-refractivity contribution >= 4 is 92.1 Å². The van der Waals surface area contributed by atoms with Crippen molar-refractivity contribution in [3.05, 3.63) is 212 Å². The standard InChI is InChI=1S/C56H35NOS/c1-2-14-36(15-3-1)42-33-32-40(35-51(42)49-24-12-23-48-46-21-9-11-27-54(46)59-56(48)49)57(52-25-13-22-47-45-20-8-10-26-53(45)58-55(47)52)39-30-28-37(29-31-39)50-34-38-16-4-5-17-41(38)43-18-6-7-19-44(43)50/h1-35H. The van der Waals surface area contributed by atoms with E-state index in [0.717, 1.165) is 39.0 Å². The van der Waals surface area contributed by atoms with Crippen LogP contribution >= 0.6 is 11.3 Å². The SMILES string of the molecule is c1ccc(-c2ccc(N(c3ccc(-c4cc5ccccc5c5ccccc45)cc3)c3cccc4c3oc3ccccc34)cc2-c2cccc3c2sc2ccccc23)cc1. The summed E-state index contributed by atoms with van der Waals surface area (Å²) in [4.78, 5) is 2.37.